The van der Waals surface area contributed by atoms with Crippen molar-refractivity contribution in [3.63, 3.8) is 0 Å². The summed E-state index contributed by atoms with van der Waals surface area (Å²) in [4.78, 5) is 0. The van der Waals surface area contributed by atoms with Crippen molar-refractivity contribution in [1.29, 1.82) is 0 Å². The van der Waals surface area contributed by atoms with E-state index < -0.39 is 10.2 Å². The maximum Gasteiger partial charge on any atom is 0.282 e. The molecule has 0 amide bonds. The molecule has 4 rings (SSSR count). The highest BCUT2D eigenvalue weighted by molar-refractivity contribution is 7.86. The van der Waals surface area contributed by atoms with E-state index in [1.807, 2.05) is 18.2 Å². The molecule has 1 aromatic carbocycles. The molecular weight excluding hydrogens is 416 g/mol. The number of nitrogens with zero attached hydrogens (tertiary/aromatic N) is 3. The van der Waals surface area contributed by atoms with E-state index in [1.165, 1.54) is 4.31 Å². The molecule has 10 heteroatoms. The summed E-state index contributed by atoms with van der Waals surface area (Å²) >= 11 is 5.87. The van der Waals surface area contributed by atoms with Crippen LogP contribution in [0.2, 0.25) is 5.02 Å². The van der Waals surface area contributed by atoms with Crippen LogP contribution in [0.25, 0.3) is 0 Å². The second-order valence-corrected chi connectivity index (χ2v) is 9.60. The maximum absolute atomic E-state index is 12.8. The number of nitrogens with one attached hydrogen (secondary N) is 1. The highest BCUT2D eigenvalue weighted by atomic mass is 35.5. The summed E-state index contributed by atoms with van der Waals surface area (Å²) in [7, 11) is -3.42. The summed E-state index contributed by atoms with van der Waals surface area (Å²) in [5.74, 6) is 0.877. The van der Waals surface area contributed by atoms with E-state index >= 15 is 0 Å². The number of benzene rings is 1. The monoisotopic (exact) mass is 440 g/mol. The molecule has 0 spiro atoms. The molecule has 3 heterocycles. The molecule has 2 saturated heterocycles. The number of rotatable bonds is 7. The van der Waals surface area contributed by atoms with Crippen LogP contribution in [0.1, 0.15) is 23.7 Å². The van der Waals surface area contributed by atoms with Crippen LogP contribution in [0.4, 0.5) is 0 Å². The van der Waals surface area contributed by atoms with Gasteiger partial charge in [-0.05, 0) is 36.8 Å². The molecule has 0 unspecified atom stereocenters. The van der Waals surface area contributed by atoms with Gasteiger partial charge in [-0.2, -0.15) is 22.1 Å². The average molecular weight is 441 g/mol. The van der Waals surface area contributed by atoms with Crippen LogP contribution >= 0.6 is 11.6 Å². The number of hydrogen-bond acceptors (Lipinski definition) is 5. The molecule has 1 aromatic heterocycles. The van der Waals surface area contributed by atoms with E-state index in [9.17, 15) is 8.42 Å². The lowest BCUT2D eigenvalue weighted by Crippen LogP contribution is -2.47. The van der Waals surface area contributed by atoms with Gasteiger partial charge in [0.05, 0.1) is 25.5 Å². The zero-order valence-corrected chi connectivity index (χ0v) is 17.7. The smallest absolute Gasteiger partial charge is 0.282 e. The number of halogens is 1. The second-order valence-electron chi connectivity index (χ2n) is 7.23. The summed E-state index contributed by atoms with van der Waals surface area (Å²) in [5, 5.41) is 8.14. The largest absolute Gasteiger partial charge is 0.493 e. The van der Waals surface area contributed by atoms with Gasteiger partial charge in [0.25, 0.3) is 10.2 Å². The molecule has 0 bridgehead atoms. The van der Waals surface area contributed by atoms with Crippen molar-refractivity contribution in [2.24, 2.45) is 0 Å². The fourth-order valence-corrected chi connectivity index (χ4v) is 5.41. The van der Waals surface area contributed by atoms with Crippen LogP contribution in [-0.2, 0) is 21.4 Å². The highest BCUT2D eigenvalue weighted by Crippen LogP contribution is 2.29. The Kier molecular flexibility index (Phi) is 6.41. The van der Waals surface area contributed by atoms with E-state index in [4.69, 9.17) is 21.1 Å². The molecule has 0 aliphatic carbocycles. The van der Waals surface area contributed by atoms with Crippen LogP contribution in [0.3, 0.4) is 0 Å². The number of ether oxygens (including phenoxy) is 2. The van der Waals surface area contributed by atoms with E-state index in [1.54, 1.807) is 16.4 Å². The first kappa shape index (κ1) is 20.6. The van der Waals surface area contributed by atoms with Gasteiger partial charge >= 0.3 is 0 Å². The minimum atomic E-state index is -3.42. The van der Waals surface area contributed by atoms with Gasteiger partial charge in [0.15, 0.2) is 0 Å². The molecule has 8 nitrogen and oxygen atoms in total. The van der Waals surface area contributed by atoms with Crippen molar-refractivity contribution < 1.29 is 17.9 Å². The van der Waals surface area contributed by atoms with Crippen molar-refractivity contribution in [1.82, 2.24) is 18.8 Å². The van der Waals surface area contributed by atoms with Crippen LogP contribution in [-0.4, -0.2) is 73.2 Å². The summed E-state index contributed by atoms with van der Waals surface area (Å²) in [6.07, 6.45) is 1.47. The summed E-state index contributed by atoms with van der Waals surface area (Å²) in [6, 6.07) is 9.27. The molecule has 29 heavy (non-hydrogen) atoms. The third-order valence-corrected chi connectivity index (χ3v) is 7.55. The first-order valence-corrected chi connectivity index (χ1v) is 11.6. The Bertz CT molecular complexity index is 913. The molecule has 2 aliphatic rings. The van der Waals surface area contributed by atoms with Crippen molar-refractivity contribution >= 4 is 21.8 Å². The van der Waals surface area contributed by atoms with Crippen LogP contribution in [0, 0.1) is 0 Å². The molecule has 2 fully saturated rings. The van der Waals surface area contributed by atoms with E-state index in [0.29, 0.717) is 57.4 Å². The summed E-state index contributed by atoms with van der Waals surface area (Å²) in [5.41, 5.74) is 1.88. The Morgan fingerprint density at radius 1 is 1.17 bits per heavy atom. The Hall–Kier alpha value is -1.65. The number of morpholine rings is 1. The first-order valence-electron chi connectivity index (χ1n) is 9.78. The van der Waals surface area contributed by atoms with Crippen LogP contribution < -0.4 is 4.74 Å². The molecule has 1 N–H and O–H groups in total. The lowest BCUT2D eigenvalue weighted by atomic mass is 10.0. The van der Waals surface area contributed by atoms with Gasteiger partial charge in [0.1, 0.15) is 5.75 Å². The topological polar surface area (TPSA) is 87.8 Å². The van der Waals surface area contributed by atoms with Gasteiger partial charge < -0.3 is 9.47 Å². The normalized spacial score (nSPS) is 21.5. The average Bonchev–Trinajstić information content (AvgIpc) is 3.40. The van der Waals surface area contributed by atoms with Gasteiger partial charge in [-0.25, -0.2) is 0 Å². The minimum absolute atomic E-state index is 0.105. The number of H-pyrrole nitrogens is 1. The Morgan fingerprint density at radius 3 is 2.69 bits per heavy atom. The molecule has 2 aromatic rings. The highest BCUT2D eigenvalue weighted by Gasteiger charge is 2.37. The molecule has 1 atom stereocenters. The third-order valence-electron chi connectivity index (χ3n) is 5.30. The fourth-order valence-electron chi connectivity index (χ4n) is 3.65. The minimum Gasteiger partial charge on any atom is -0.493 e. The van der Waals surface area contributed by atoms with Crippen molar-refractivity contribution in [2.75, 3.05) is 46.0 Å². The third kappa shape index (κ3) is 4.92. The Labute approximate surface area is 175 Å². The van der Waals surface area contributed by atoms with Gasteiger partial charge in [-0.15, -0.1) is 0 Å². The summed E-state index contributed by atoms with van der Waals surface area (Å²) < 4.78 is 39.7. The van der Waals surface area contributed by atoms with Crippen molar-refractivity contribution in [3.8, 4) is 5.75 Å². The number of hydrogen-bond donors (Lipinski definition) is 1. The lowest BCUT2D eigenvalue weighted by Gasteiger charge is -2.30. The number of aromatic amines is 1. The predicted molar refractivity (Wildman–Crippen MR) is 109 cm³/mol. The predicted octanol–water partition coefficient (Wildman–Crippen LogP) is 2.05. The Balaban J connectivity index is 1.30. The van der Waals surface area contributed by atoms with Gasteiger partial charge in [-0.3, -0.25) is 5.10 Å². The lowest BCUT2D eigenvalue weighted by molar-refractivity contribution is 0.0705. The Morgan fingerprint density at radius 2 is 1.93 bits per heavy atom. The van der Waals surface area contributed by atoms with E-state index in [-0.39, 0.29) is 5.92 Å². The molecule has 158 valence electrons. The maximum atomic E-state index is 12.8. The van der Waals surface area contributed by atoms with Crippen molar-refractivity contribution in [3.05, 3.63) is 46.7 Å². The number of aromatic nitrogens is 2. The van der Waals surface area contributed by atoms with Gasteiger partial charge in [0.2, 0.25) is 0 Å². The molecule has 2 aliphatic heterocycles. The van der Waals surface area contributed by atoms with E-state index in [2.05, 4.69) is 10.2 Å². The standard InChI is InChI=1S/C19H25ClN4O4S/c20-16-1-3-18(4-2-16)28-10-6-17-13-19(22-21-17)15-5-7-24(14-15)29(25,26)23-8-11-27-12-9-23/h1-4,13,15H,5-12,14H2,(H,21,22)/t15-/m1/s1. The molecule has 0 radical (unpaired) electrons. The zero-order valence-electron chi connectivity index (χ0n) is 16.1. The molecular formula is C19H25ClN4O4S. The van der Waals surface area contributed by atoms with E-state index in [0.717, 1.165) is 23.6 Å². The first-order chi connectivity index (χ1) is 14.0. The van der Waals surface area contributed by atoms with Crippen LogP contribution in [0.5, 0.6) is 5.75 Å². The fraction of sp³-hybridized carbons (Fsp3) is 0.526. The van der Waals surface area contributed by atoms with Gasteiger partial charge in [-0.1, -0.05) is 11.6 Å². The quantitative estimate of drug-likeness (QED) is 0.711. The zero-order chi connectivity index (χ0) is 20.3. The van der Waals surface area contributed by atoms with Crippen LogP contribution in [0.15, 0.2) is 30.3 Å². The second kappa shape index (κ2) is 9.01. The summed E-state index contributed by atoms with van der Waals surface area (Å²) in [6.45, 7) is 3.25. The van der Waals surface area contributed by atoms with Crippen molar-refractivity contribution in [2.45, 2.75) is 18.8 Å². The SMILES string of the molecule is O=S(=O)(N1CCOCC1)N1CC[C@@H](c2cc(CCOc3ccc(Cl)cc3)[nH]n2)C1. The molecule has 0 saturated carbocycles. The van der Waals surface area contributed by atoms with Gasteiger partial charge in [0, 0.05) is 49.2 Å².